The zero-order chi connectivity index (χ0) is 15.7. The molecule has 1 aromatic rings. The van der Waals surface area contributed by atoms with Gasteiger partial charge in [0.1, 0.15) is 11.6 Å². The van der Waals surface area contributed by atoms with Crippen LogP contribution in [0.2, 0.25) is 0 Å². The number of nitrogens with two attached hydrogens (primary N) is 1. The van der Waals surface area contributed by atoms with Crippen LogP contribution in [0.25, 0.3) is 0 Å². The Kier molecular flexibility index (Phi) is 4.26. The van der Waals surface area contributed by atoms with Gasteiger partial charge in [0.15, 0.2) is 0 Å². The molecule has 0 unspecified atom stereocenters. The summed E-state index contributed by atoms with van der Waals surface area (Å²) in [7, 11) is 0. The molecule has 0 fully saturated rings. The number of hydrogen-bond acceptors (Lipinski definition) is 2. The maximum Gasteiger partial charge on any atom is 0.383 e. The molecule has 0 aromatic heterocycles. The number of hydrogen-bond donors (Lipinski definition) is 2. The van der Waals surface area contributed by atoms with Crippen molar-refractivity contribution >= 4 is 17.5 Å². The van der Waals surface area contributed by atoms with Gasteiger partial charge in [-0.3, -0.25) is 9.59 Å². The molecule has 0 spiro atoms. The van der Waals surface area contributed by atoms with E-state index in [0.29, 0.717) is 6.07 Å². The highest BCUT2D eigenvalue weighted by Gasteiger charge is 2.49. The third-order valence-electron chi connectivity index (χ3n) is 2.15. The molecule has 3 N–H and O–H groups in total. The first-order chi connectivity index (χ1) is 9.07. The van der Waals surface area contributed by atoms with Gasteiger partial charge in [0, 0.05) is 6.07 Å². The lowest BCUT2D eigenvalue weighted by Crippen LogP contribution is -2.41. The van der Waals surface area contributed by atoms with Crippen molar-refractivity contribution in [3.05, 3.63) is 29.3 Å². The number of amides is 2. The second kappa shape index (κ2) is 5.39. The lowest BCUT2D eigenvalue weighted by atomic mass is 10.1. The summed E-state index contributed by atoms with van der Waals surface area (Å²) in [5.41, 5.74) is 2.74. The Morgan fingerprint density at radius 1 is 1.15 bits per heavy atom. The maximum absolute atomic E-state index is 13.2. The van der Waals surface area contributed by atoms with E-state index in [9.17, 15) is 35.9 Å². The van der Waals surface area contributed by atoms with Crippen molar-refractivity contribution in [3.63, 3.8) is 0 Å². The predicted octanol–water partition coefficient (Wildman–Crippen LogP) is 1.90. The zero-order valence-electron chi connectivity index (χ0n) is 9.39. The van der Waals surface area contributed by atoms with Gasteiger partial charge in [-0.1, -0.05) is 0 Å². The van der Waals surface area contributed by atoms with Crippen LogP contribution < -0.4 is 11.1 Å². The molecule has 1 aromatic carbocycles. The summed E-state index contributed by atoms with van der Waals surface area (Å²) in [6.07, 6.45) is -4.32. The number of alkyl halides is 4. The second-order valence-electron chi connectivity index (χ2n) is 3.55. The minimum atomic E-state index is -5.08. The number of halogens is 6. The van der Waals surface area contributed by atoms with E-state index in [2.05, 4.69) is 0 Å². The van der Waals surface area contributed by atoms with E-state index in [1.54, 1.807) is 0 Å². The van der Waals surface area contributed by atoms with Crippen molar-refractivity contribution < 1.29 is 35.9 Å². The first kappa shape index (κ1) is 15.8. The third-order valence-corrected chi connectivity index (χ3v) is 2.15. The average Bonchev–Trinajstić information content (AvgIpc) is 2.31. The van der Waals surface area contributed by atoms with Crippen LogP contribution in [0.1, 0.15) is 10.4 Å². The molecule has 10 heteroatoms. The van der Waals surface area contributed by atoms with Gasteiger partial charge in [-0.25, -0.2) is 17.6 Å². The van der Waals surface area contributed by atoms with E-state index in [-0.39, 0.29) is 6.07 Å². The minimum Gasteiger partial charge on any atom is -0.366 e. The first-order valence-corrected chi connectivity index (χ1v) is 4.83. The lowest BCUT2D eigenvalue weighted by molar-refractivity contribution is -0.163. The largest absolute Gasteiger partial charge is 0.383 e. The van der Waals surface area contributed by atoms with E-state index in [4.69, 9.17) is 5.73 Å². The maximum atomic E-state index is 13.2. The average molecular weight is 300 g/mol. The number of rotatable bonds is 4. The summed E-state index contributed by atoms with van der Waals surface area (Å²) in [5.74, 6) is -11.9. The highest BCUT2D eigenvalue weighted by molar-refractivity contribution is 5.99. The SMILES string of the molecule is NC(=O)c1cc(NC(=O)C(F)(F)C(F)F)c(F)cc1F. The van der Waals surface area contributed by atoms with Gasteiger partial charge < -0.3 is 11.1 Å². The van der Waals surface area contributed by atoms with Gasteiger partial charge in [-0.2, -0.15) is 8.78 Å². The van der Waals surface area contributed by atoms with E-state index in [1.807, 2.05) is 0 Å². The van der Waals surface area contributed by atoms with E-state index < -0.39 is 47.0 Å². The number of anilines is 1. The first-order valence-electron chi connectivity index (χ1n) is 4.83. The van der Waals surface area contributed by atoms with Crippen molar-refractivity contribution in [1.29, 1.82) is 0 Å². The van der Waals surface area contributed by atoms with Crippen molar-refractivity contribution in [2.24, 2.45) is 5.73 Å². The van der Waals surface area contributed by atoms with Crippen molar-refractivity contribution in [1.82, 2.24) is 0 Å². The third kappa shape index (κ3) is 3.00. The number of carbonyl (C=O) groups excluding carboxylic acids is 2. The summed E-state index contributed by atoms with van der Waals surface area (Å²) in [6.45, 7) is 0. The van der Waals surface area contributed by atoms with Crippen LogP contribution >= 0.6 is 0 Å². The molecule has 0 saturated heterocycles. The molecule has 20 heavy (non-hydrogen) atoms. The van der Waals surface area contributed by atoms with Crippen LogP contribution in [0.3, 0.4) is 0 Å². The molecule has 0 atom stereocenters. The molecule has 2 amide bonds. The number of primary amides is 1. The van der Waals surface area contributed by atoms with Crippen LogP contribution in [-0.4, -0.2) is 24.2 Å². The molecule has 0 aliphatic heterocycles. The van der Waals surface area contributed by atoms with Crippen LogP contribution in [0, 0.1) is 11.6 Å². The summed E-state index contributed by atoms with van der Waals surface area (Å²) >= 11 is 0. The normalized spacial score (nSPS) is 11.6. The number of carbonyl (C=O) groups is 2. The van der Waals surface area contributed by atoms with Crippen LogP contribution in [0.4, 0.5) is 32.0 Å². The molecule has 0 bridgehead atoms. The Morgan fingerprint density at radius 2 is 1.70 bits per heavy atom. The van der Waals surface area contributed by atoms with Crippen molar-refractivity contribution in [3.8, 4) is 0 Å². The Balaban J connectivity index is 3.13. The van der Waals surface area contributed by atoms with Crippen molar-refractivity contribution in [2.75, 3.05) is 5.32 Å². The quantitative estimate of drug-likeness (QED) is 0.834. The fraction of sp³-hybridized carbons (Fsp3) is 0.200. The van der Waals surface area contributed by atoms with Gasteiger partial charge in [-0.15, -0.1) is 0 Å². The van der Waals surface area contributed by atoms with Crippen LogP contribution in [-0.2, 0) is 4.79 Å². The predicted molar refractivity (Wildman–Crippen MR) is 54.5 cm³/mol. The highest BCUT2D eigenvalue weighted by atomic mass is 19.3. The number of nitrogens with one attached hydrogen (secondary N) is 1. The van der Waals surface area contributed by atoms with E-state index >= 15 is 0 Å². The molecule has 110 valence electrons. The standard InChI is InChI=1S/C10H6F6N2O2/c11-4-2-5(12)6(1-3(4)7(17)19)18-9(20)10(15,16)8(13)14/h1-2,8H,(H2,17,19)(H,18,20). The minimum absolute atomic E-state index is 0.0935. The van der Waals surface area contributed by atoms with Gasteiger partial charge in [-0.05, 0) is 6.07 Å². The van der Waals surface area contributed by atoms with Gasteiger partial charge in [0.25, 0.3) is 5.91 Å². The van der Waals surface area contributed by atoms with Gasteiger partial charge >= 0.3 is 18.3 Å². The Hall–Kier alpha value is -2.26. The van der Waals surface area contributed by atoms with Crippen LogP contribution in [0.15, 0.2) is 12.1 Å². The monoisotopic (exact) mass is 300 g/mol. The second-order valence-corrected chi connectivity index (χ2v) is 3.55. The summed E-state index contributed by atoms with van der Waals surface area (Å²) in [4.78, 5) is 21.6. The fourth-order valence-electron chi connectivity index (χ4n) is 1.14. The number of benzene rings is 1. The Bertz CT molecular complexity index is 561. The van der Waals surface area contributed by atoms with Gasteiger partial charge in [0.05, 0.1) is 11.3 Å². The summed E-state index contributed by atoms with van der Waals surface area (Å²) < 4.78 is 75.4. The fourth-order valence-corrected chi connectivity index (χ4v) is 1.14. The smallest absolute Gasteiger partial charge is 0.366 e. The highest BCUT2D eigenvalue weighted by Crippen LogP contribution is 2.26. The summed E-state index contributed by atoms with van der Waals surface area (Å²) in [5, 5.41) is 1.14. The van der Waals surface area contributed by atoms with E-state index in [1.165, 1.54) is 0 Å². The topological polar surface area (TPSA) is 72.2 Å². The molecule has 0 aliphatic carbocycles. The van der Waals surface area contributed by atoms with E-state index in [0.717, 1.165) is 5.32 Å². The van der Waals surface area contributed by atoms with Gasteiger partial charge in [0.2, 0.25) is 0 Å². The van der Waals surface area contributed by atoms with Crippen LogP contribution in [0.5, 0.6) is 0 Å². The summed E-state index contributed by atoms with van der Waals surface area (Å²) in [6, 6.07) is 0.419. The molecule has 4 nitrogen and oxygen atoms in total. The zero-order valence-corrected chi connectivity index (χ0v) is 9.39. The molecule has 0 aliphatic rings. The molecular weight excluding hydrogens is 294 g/mol. The molecular formula is C10H6F6N2O2. The molecule has 0 saturated carbocycles. The lowest BCUT2D eigenvalue weighted by Gasteiger charge is -2.15. The molecule has 0 heterocycles. The molecule has 0 radical (unpaired) electrons. The Morgan fingerprint density at radius 3 is 2.15 bits per heavy atom. The van der Waals surface area contributed by atoms with Crippen molar-refractivity contribution in [2.45, 2.75) is 12.3 Å². The molecule has 1 rings (SSSR count). The Labute approximate surface area is 107 Å².